The number of anilines is 1. The Morgan fingerprint density at radius 1 is 1.04 bits per heavy atom. The molecule has 4 aromatic rings. The molecule has 0 N–H and O–H groups in total. The second-order valence-corrected chi connectivity index (χ2v) is 6.85. The smallest absolute Gasteiger partial charge is 0.253 e. The molecule has 1 aliphatic heterocycles. The molecule has 1 atom stereocenters. The van der Waals surface area contributed by atoms with E-state index < -0.39 is 0 Å². The largest absolute Gasteiger partial charge is 0.377 e. The molecule has 140 valence electrons. The number of morpholine rings is 1. The molecule has 1 unspecified atom stereocenters. The van der Waals surface area contributed by atoms with Crippen LogP contribution in [-0.4, -0.2) is 50.5 Å². The molecular formula is C21H20N6O. The van der Waals surface area contributed by atoms with Gasteiger partial charge in [0.25, 0.3) is 5.95 Å². The number of hydrogen-bond donors (Lipinski definition) is 0. The van der Waals surface area contributed by atoms with E-state index in [1.54, 1.807) is 10.9 Å². The average molecular weight is 372 g/mol. The van der Waals surface area contributed by atoms with Crippen LogP contribution in [0.15, 0.2) is 60.9 Å². The van der Waals surface area contributed by atoms with Crippen LogP contribution in [0.25, 0.3) is 28.2 Å². The van der Waals surface area contributed by atoms with Crippen LogP contribution in [0.5, 0.6) is 0 Å². The summed E-state index contributed by atoms with van der Waals surface area (Å²) in [5.74, 6) is 1.37. The van der Waals surface area contributed by atoms with Gasteiger partial charge in [0.05, 0.1) is 30.5 Å². The van der Waals surface area contributed by atoms with Crippen LogP contribution in [-0.2, 0) is 4.74 Å². The Kier molecular flexibility index (Phi) is 4.21. The van der Waals surface area contributed by atoms with Crippen molar-refractivity contribution in [1.82, 2.24) is 24.7 Å². The Bertz CT molecular complexity index is 1110. The highest BCUT2D eigenvalue weighted by molar-refractivity contribution is 5.86. The van der Waals surface area contributed by atoms with Gasteiger partial charge in [-0.25, -0.2) is 9.67 Å². The fourth-order valence-corrected chi connectivity index (χ4v) is 3.48. The zero-order valence-electron chi connectivity index (χ0n) is 15.6. The zero-order valence-corrected chi connectivity index (χ0v) is 15.6. The molecule has 7 heteroatoms. The maximum Gasteiger partial charge on any atom is 0.253 e. The molecule has 5 rings (SSSR count). The van der Waals surface area contributed by atoms with E-state index >= 15 is 0 Å². The van der Waals surface area contributed by atoms with Crippen LogP contribution >= 0.6 is 0 Å². The highest BCUT2D eigenvalue weighted by atomic mass is 16.5. The molecule has 1 aromatic carbocycles. The topological polar surface area (TPSA) is 69.0 Å². The van der Waals surface area contributed by atoms with E-state index in [2.05, 4.69) is 16.8 Å². The van der Waals surface area contributed by atoms with E-state index in [1.807, 2.05) is 54.7 Å². The van der Waals surface area contributed by atoms with E-state index in [9.17, 15) is 0 Å². The first-order valence-electron chi connectivity index (χ1n) is 9.38. The lowest BCUT2D eigenvalue weighted by Gasteiger charge is -2.34. The third kappa shape index (κ3) is 2.99. The second-order valence-electron chi connectivity index (χ2n) is 6.85. The number of rotatable bonds is 3. The van der Waals surface area contributed by atoms with Crippen LogP contribution in [0, 0.1) is 0 Å². The summed E-state index contributed by atoms with van der Waals surface area (Å²) in [7, 11) is 0. The molecule has 1 saturated heterocycles. The molecule has 28 heavy (non-hydrogen) atoms. The monoisotopic (exact) mass is 372 g/mol. The van der Waals surface area contributed by atoms with Gasteiger partial charge >= 0.3 is 0 Å². The summed E-state index contributed by atoms with van der Waals surface area (Å²) < 4.78 is 7.32. The second kappa shape index (κ2) is 7.01. The number of ether oxygens (including phenoxy) is 1. The lowest BCUT2D eigenvalue weighted by Crippen LogP contribution is -2.44. The lowest BCUT2D eigenvalue weighted by molar-refractivity contribution is 0.0986. The molecule has 7 nitrogen and oxygen atoms in total. The highest BCUT2D eigenvalue weighted by Crippen LogP contribution is 2.26. The molecule has 3 aromatic heterocycles. The maximum absolute atomic E-state index is 5.59. The van der Waals surface area contributed by atoms with Crippen molar-refractivity contribution in [3.63, 3.8) is 0 Å². The zero-order chi connectivity index (χ0) is 18.9. The maximum atomic E-state index is 5.59. The van der Waals surface area contributed by atoms with Crippen LogP contribution in [0.4, 0.5) is 5.82 Å². The third-order valence-electron chi connectivity index (χ3n) is 4.93. The minimum Gasteiger partial charge on any atom is -0.377 e. The Hall–Kier alpha value is -3.32. The highest BCUT2D eigenvalue weighted by Gasteiger charge is 2.24. The van der Waals surface area contributed by atoms with Crippen molar-refractivity contribution in [1.29, 1.82) is 0 Å². The van der Waals surface area contributed by atoms with Gasteiger partial charge in [0.2, 0.25) is 0 Å². The number of nitrogens with zero attached hydrogens (tertiary/aromatic N) is 6. The number of benzene rings is 1. The predicted molar refractivity (Wildman–Crippen MR) is 108 cm³/mol. The van der Waals surface area contributed by atoms with Crippen molar-refractivity contribution in [2.45, 2.75) is 13.0 Å². The Morgan fingerprint density at radius 3 is 2.79 bits per heavy atom. The van der Waals surface area contributed by atoms with Gasteiger partial charge in [-0.1, -0.05) is 30.3 Å². The summed E-state index contributed by atoms with van der Waals surface area (Å²) in [6, 6.07) is 16.1. The van der Waals surface area contributed by atoms with E-state index in [0.29, 0.717) is 19.2 Å². The average Bonchev–Trinajstić information content (AvgIpc) is 3.24. The van der Waals surface area contributed by atoms with Crippen molar-refractivity contribution < 1.29 is 4.74 Å². The number of fused-ring (bicyclic) bond motifs is 1. The Morgan fingerprint density at radius 2 is 1.93 bits per heavy atom. The normalized spacial score (nSPS) is 17.2. The van der Waals surface area contributed by atoms with Gasteiger partial charge in [0.15, 0.2) is 5.82 Å². The van der Waals surface area contributed by atoms with Gasteiger partial charge in [-0.3, -0.25) is 4.98 Å². The van der Waals surface area contributed by atoms with E-state index in [0.717, 1.165) is 34.7 Å². The fraction of sp³-hybridized carbons (Fsp3) is 0.238. The molecule has 1 aliphatic rings. The molecule has 0 saturated carbocycles. The van der Waals surface area contributed by atoms with Crippen molar-refractivity contribution in [2.75, 3.05) is 24.7 Å². The fourth-order valence-electron chi connectivity index (χ4n) is 3.48. The quantitative estimate of drug-likeness (QED) is 0.550. The van der Waals surface area contributed by atoms with E-state index in [-0.39, 0.29) is 6.04 Å². The minimum atomic E-state index is 0.221. The number of aromatic nitrogens is 5. The van der Waals surface area contributed by atoms with Gasteiger partial charge in [-0.05, 0) is 25.1 Å². The van der Waals surface area contributed by atoms with E-state index in [4.69, 9.17) is 19.8 Å². The first-order valence-corrected chi connectivity index (χ1v) is 9.38. The van der Waals surface area contributed by atoms with Crippen molar-refractivity contribution in [3.05, 3.63) is 60.9 Å². The van der Waals surface area contributed by atoms with Crippen LogP contribution in [0.2, 0.25) is 0 Å². The van der Waals surface area contributed by atoms with Crippen molar-refractivity contribution >= 4 is 16.9 Å². The molecule has 0 spiro atoms. The summed E-state index contributed by atoms with van der Waals surface area (Å²) in [4.78, 5) is 16.3. The molecular weight excluding hydrogens is 352 g/mol. The molecule has 0 bridgehead atoms. The molecule has 0 aliphatic carbocycles. The van der Waals surface area contributed by atoms with Gasteiger partial charge < -0.3 is 9.64 Å². The summed E-state index contributed by atoms with van der Waals surface area (Å²) in [5, 5.41) is 4.69. The van der Waals surface area contributed by atoms with Crippen LogP contribution in [0.3, 0.4) is 0 Å². The standard InChI is InChI=1S/C21H20N6O/c1-15-14-28-13-12-26(15)20-19-18(8-5-10-22-19)23-21(24-20)27-11-9-17(25-27)16-6-3-2-4-7-16/h2-11,15H,12-14H2,1H3. The summed E-state index contributed by atoms with van der Waals surface area (Å²) in [6.07, 6.45) is 3.67. The van der Waals surface area contributed by atoms with Gasteiger partial charge in [-0.2, -0.15) is 10.1 Å². The number of pyridine rings is 1. The number of hydrogen-bond acceptors (Lipinski definition) is 6. The first kappa shape index (κ1) is 16.8. The molecule has 1 fully saturated rings. The molecule has 0 amide bonds. The summed E-state index contributed by atoms with van der Waals surface area (Å²) in [6.45, 7) is 4.26. The minimum absolute atomic E-state index is 0.221. The Balaban J connectivity index is 1.62. The molecule has 0 radical (unpaired) electrons. The SMILES string of the molecule is CC1COCCN1c1nc(-n2ccc(-c3ccccc3)n2)nc2cccnc12. The Labute approximate surface area is 162 Å². The van der Waals surface area contributed by atoms with Crippen molar-refractivity contribution in [3.8, 4) is 17.2 Å². The molecule has 4 heterocycles. The summed E-state index contributed by atoms with van der Waals surface area (Å²) in [5.41, 5.74) is 3.55. The predicted octanol–water partition coefficient (Wildman–Crippen LogP) is 3.10. The van der Waals surface area contributed by atoms with Crippen LogP contribution < -0.4 is 4.90 Å². The van der Waals surface area contributed by atoms with E-state index in [1.165, 1.54) is 0 Å². The van der Waals surface area contributed by atoms with Crippen molar-refractivity contribution in [2.24, 2.45) is 0 Å². The van der Waals surface area contributed by atoms with Crippen LogP contribution in [0.1, 0.15) is 6.92 Å². The van der Waals surface area contributed by atoms with Gasteiger partial charge in [0, 0.05) is 24.5 Å². The summed E-state index contributed by atoms with van der Waals surface area (Å²) >= 11 is 0. The first-order chi connectivity index (χ1) is 13.8. The van der Waals surface area contributed by atoms with Gasteiger partial charge in [0.1, 0.15) is 5.52 Å². The van der Waals surface area contributed by atoms with Gasteiger partial charge in [-0.15, -0.1) is 0 Å². The lowest BCUT2D eigenvalue weighted by atomic mass is 10.2. The third-order valence-corrected chi connectivity index (χ3v) is 4.93.